The minimum Gasteiger partial charge on any atom is -0.497 e. The van der Waals surface area contributed by atoms with Crippen molar-refractivity contribution in [3.63, 3.8) is 0 Å². The highest BCUT2D eigenvalue weighted by atomic mass is 35.5. The number of alkyl halides is 1. The van der Waals surface area contributed by atoms with E-state index in [0.29, 0.717) is 46.4 Å². The summed E-state index contributed by atoms with van der Waals surface area (Å²) in [5, 5.41) is 0.500. The summed E-state index contributed by atoms with van der Waals surface area (Å²) in [6, 6.07) is 20.0. The number of benzene rings is 3. The van der Waals surface area contributed by atoms with Crippen LogP contribution in [0.5, 0.6) is 17.2 Å². The van der Waals surface area contributed by atoms with Gasteiger partial charge in [-0.3, -0.25) is 9.36 Å². The second kappa shape index (κ2) is 9.10. The molecule has 0 N–H and O–H groups in total. The van der Waals surface area contributed by atoms with Gasteiger partial charge in [0, 0.05) is 11.6 Å². The molecule has 6 nitrogen and oxygen atoms in total. The zero-order chi connectivity index (χ0) is 21.8. The number of hydrogen-bond donors (Lipinski definition) is 0. The molecular formula is C24H21ClN2O4. The van der Waals surface area contributed by atoms with Crippen molar-refractivity contribution in [1.82, 2.24) is 9.55 Å². The summed E-state index contributed by atoms with van der Waals surface area (Å²) in [5.74, 6) is 2.96. The van der Waals surface area contributed by atoms with E-state index in [4.69, 9.17) is 30.8 Å². The van der Waals surface area contributed by atoms with Gasteiger partial charge < -0.3 is 14.2 Å². The van der Waals surface area contributed by atoms with Gasteiger partial charge in [0.05, 0.1) is 36.7 Å². The average Bonchev–Trinajstić information content (AvgIpc) is 2.82. The highest BCUT2D eigenvalue weighted by Gasteiger charge is 2.15. The van der Waals surface area contributed by atoms with Gasteiger partial charge in [-0.1, -0.05) is 0 Å². The molecule has 0 atom stereocenters. The monoisotopic (exact) mass is 436 g/mol. The fraction of sp³-hybridized carbons (Fsp3) is 0.167. The van der Waals surface area contributed by atoms with Gasteiger partial charge in [0.2, 0.25) is 0 Å². The second-order valence-corrected chi connectivity index (χ2v) is 7.10. The van der Waals surface area contributed by atoms with Crippen LogP contribution in [0.3, 0.4) is 0 Å². The fourth-order valence-corrected chi connectivity index (χ4v) is 3.39. The summed E-state index contributed by atoms with van der Waals surface area (Å²) >= 11 is 5.69. The first-order valence-electron chi connectivity index (χ1n) is 9.69. The Hall–Kier alpha value is -3.51. The molecule has 0 saturated carbocycles. The van der Waals surface area contributed by atoms with Crippen LogP contribution in [-0.2, 0) is 0 Å². The molecule has 0 aliphatic carbocycles. The van der Waals surface area contributed by atoms with Crippen LogP contribution < -0.4 is 19.8 Å². The molecule has 0 radical (unpaired) electrons. The van der Waals surface area contributed by atoms with Gasteiger partial charge >= 0.3 is 0 Å². The average molecular weight is 437 g/mol. The lowest BCUT2D eigenvalue weighted by Crippen LogP contribution is -2.22. The smallest absolute Gasteiger partial charge is 0.266 e. The minimum absolute atomic E-state index is 0.173. The standard InChI is InChI=1S/C24H21ClN2O4/c1-29-18-7-3-16(4-8-18)23-26-22-15-20(30-2)11-12-21(22)24(28)27(23)17-5-9-19(10-6-17)31-14-13-25/h3-12,15H,13-14H2,1-2H3. The van der Waals surface area contributed by atoms with Crippen molar-refractivity contribution >= 4 is 22.5 Å². The number of halogens is 1. The third-order valence-corrected chi connectivity index (χ3v) is 5.02. The molecule has 0 bridgehead atoms. The van der Waals surface area contributed by atoms with Crippen molar-refractivity contribution in [3.8, 4) is 34.3 Å². The summed E-state index contributed by atoms with van der Waals surface area (Å²) in [5.41, 5.74) is 1.85. The number of rotatable bonds is 7. The van der Waals surface area contributed by atoms with Crippen LogP contribution in [0.4, 0.5) is 0 Å². The maximum atomic E-state index is 13.5. The van der Waals surface area contributed by atoms with Gasteiger partial charge in [-0.15, -0.1) is 11.6 Å². The Kier molecular flexibility index (Phi) is 6.09. The van der Waals surface area contributed by atoms with Crippen LogP contribution in [0.2, 0.25) is 0 Å². The van der Waals surface area contributed by atoms with Crippen LogP contribution in [0, 0.1) is 0 Å². The van der Waals surface area contributed by atoms with E-state index in [-0.39, 0.29) is 5.56 Å². The van der Waals surface area contributed by atoms with Gasteiger partial charge in [-0.2, -0.15) is 0 Å². The third kappa shape index (κ3) is 4.20. The van der Waals surface area contributed by atoms with Crippen molar-refractivity contribution < 1.29 is 14.2 Å². The van der Waals surface area contributed by atoms with Gasteiger partial charge in [0.25, 0.3) is 5.56 Å². The number of aromatic nitrogens is 2. The summed E-state index contributed by atoms with van der Waals surface area (Å²) in [4.78, 5) is 18.3. The molecule has 1 aromatic heterocycles. The van der Waals surface area contributed by atoms with E-state index in [1.165, 1.54) is 0 Å². The Bertz CT molecular complexity index is 1250. The highest BCUT2D eigenvalue weighted by Crippen LogP contribution is 2.26. The van der Waals surface area contributed by atoms with Crippen LogP contribution in [-0.4, -0.2) is 36.3 Å². The first-order valence-corrected chi connectivity index (χ1v) is 10.2. The number of ether oxygens (including phenoxy) is 3. The Morgan fingerprint density at radius 1 is 0.871 bits per heavy atom. The summed E-state index contributed by atoms with van der Waals surface area (Å²) in [6.07, 6.45) is 0. The number of methoxy groups -OCH3 is 2. The van der Waals surface area contributed by atoms with Crippen molar-refractivity contribution in [2.24, 2.45) is 0 Å². The lowest BCUT2D eigenvalue weighted by molar-refractivity contribution is 0.343. The molecule has 4 rings (SSSR count). The molecule has 31 heavy (non-hydrogen) atoms. The molecule has 1 heterocycles. The molecular weight excluding hydrogens is 416 g/mol. The van der Waals surface area contributed by atoms with Crippen molar-refractivity contribution in [1.29, 1.82) is 0 Å². The maximum Gasteiger partial charge on any atom is 0.266 e. The number of nitrogens with zero attached hydrogens (tertiary/aromatic N) is 2. The van der Waals surface area contributed by atoms with E-state index in [9.17, 15) is 4.79 Å². The molecule has 0 amide bonds. The lowest BCUT2D eigenvalue weighted by Gasteiger charge is -2.15. The SMILES string of the molecule is COc1ccc(-c2nc3cc(OC)ccc3c(=O)n2-c2ccc(OCCCl)cc2)cc1. The lowest BCUT2D eigenvalue weighted by atomic mass is 10.1. The number of hydrogen-bond acceptors (Lipinski definition) is 5. The van der Waals surface area contributed by atoms with Gasteiger partial charge in [0.15, 0.2) is 0 Å². The van der Waals surface area contributed by atoms with Gasteiger partial charge in [0.1, 0.15) is 29.7 Å². The van der Waals surface area contributed by atoms with Crippen LogP contribution >= 0.6 is 11.6 Å². The molecule has 158 valence electrons. The Balaban J connectivity index is 1.92. The van der Waals surface area contributed by atoms with E-state index in [0.717, 1.165) is 11.3 Å². The molecule has 4 aromatic rings. The van der Waals surface area contributed by atoms with Crippen molar-refractivity contribution in [2.45, 2.75) is 0 Å². The Morgan fingerprint density at radius 2 is 1.52 bits per heavy atom. The Morgan fingerprint density at radius 3 is 2.16 bits per heavy atom. The van der Waals surface area contributed by atoms with Crippen LogP contribution in [0.15, 0.2) is 71.5 Å². The number of fused-ring (bicyclic) bond motifs is 1. The third-order valence-electron chi connectivity index (χ3n) is 4.87. The first-order chi connectivity index (χ1) is 15.1. The molecule has 0 fully saturated rings. The summed E-state index contributed by atoms with van der Waals surface area (Å²) in [7, 11) is 3.19. The normalized spacial score (nSPS) is 10.8. The van der Waals surface area contributed by atoms with Gasteiger partial charge in [-0.05, 0) is 60.7 Å². The molecule has 0 aliphatic rings. The van der Waals surface area contributed by atoms with Crippen molar-refractivity contribution in [3.05, 3.63) is 77.1 Å². The van der Waals surface area contributed by atoms with Crippen LogP contribution in [0.25, 0.3) is 28.0 Å². The first kappa shape index (κ1) is 20.8. The molecule has 0 spiro atoms. The predicted molar refractivity (Wildman–Crippen MR) is 122 cm³/mol. The molecule has 0 aliphatic heterocycles. The molecule has 7 heteroatoms. The van der Waals surface area contributed by atoms with Crippen LogP contribution in [0.1, 0.15) is 0 Å². The van der Waals surface area contributed by atoms with E-state index in [2.05, 4.69) is 0 Å². The predicted octanol–water partition coefficient (Wildman–Crippen LogP) is 4.69. The zero-order valence-corrected chi connectivity index (χ0v) is 17.9. The second-order valence-electron chi connectivity index (χ2n) is 6.72. The van der Waals surface area contributed by atoms with E-state index in [1.807, 2.05) is 48.5 Å². The molecule has 0 unspecified atom stereocenters. The van der Waals surface area contributed by atoms with Gasteiger partial charge in [-0.25, -0.2) is 4.98 Å². The Labute approximate surface area is 184 Å². The molecule has 3 aromatic carbocycles. The quantitative estimate of drug-likeness (QED) is 0.393. The summed E-state index contributed by atoms with van der Waals surface area (Å²) in [6.45, 7) is 0.414. The highest BCUT2D eigenvalue weighted by molar-refractivity contribution is 6.18. The molecule has 0 saturated heterocycles. The largest absolute Gasteiger partial charge is 0.497 e. The van der Waals surface area contributed by atoms with Crippen molar-refractivity contribution in [2.75, 3.05) is 26.7 Å². The zero-order valence-electron chi connectivity index (χ0n) is 17.2. The fourth-order valence-electron chi connectivity index (χ4n) is 3.31. The van der Waals surface area contributed by atoms with E-state index >= 15 is 0 Å². The maximum absolute atomic E-state index is 13.5. The van der Waals surface area contributed by atoms with E-state index in [1.54, 1.807) is 37.0 Å². The minimum atomic E-state index is -0.173. The van der Waals surface area contributed by atoms with E-state index < -0.39 is 0 Å². The topological polar surface area (TPSA) is 62.6 Å². The summed E-state index contributed by atoms with van der Waals surface area (Å²) < 4.78 is 17.7.